The van der Waals surface area contributed by atoms with Crippen LogP contribution in [0.4, 0.5) is 4.79 Å². The predicted molar refractivity (Wildman–Crippen MR) is 215 cm³/mol. The predicted octanol–water partition coefficient (Wildman–Crippen LogP) is 3.81. The van der Waals surface area contributed by atoms with Crippen molar-refractivity contribution in [1.82, 2.24) is 31.5 Å². The number of hydrogen-bond donors (Lipinski definition) is 5. The van der Waals surface area contributed by atoms with E-state index >= 15 is 0 Å². The van der Waals surface area contributed by atoms with Crippen LogP contribution in [0.3, 0.4) is 0 Å². The molecule has 0 spiro atoms. The number of alkyl carbamates (subject to hydrolysis) is 1. The highest BCUT2D eigenvalue weighted by Gasteiger charge is 2.47. The lowest BCUT2D eigenvalue weighted by Gasteiger charge is -2.35. The molecule has 1 aromatic heterocycles. The number of ketones is 1. The molecular formula is C42H62N6O10. The van der Waals surface area contributed by atoms with Crippen LogP contribution in [0.15, 0.2) is 53.1 Å². The smallest absolute Gasteiger partial charge is 0.407 e. The normalized spacial score (nSPS) is 17.1. The third-order valence-corrected chi connectivity index (χ3v) is 9.15. The number of hydrogen-bond acceptors (Lipinski definition) is 10. The van der Waals surface area contributed by atoms with Crippen molar-refractivity contribution in [3.8, 4) is 0 Å². The van der Waals surface area contributed by atoms with Gasteiger partial charge in [0.05, 0.1) is 43.2 Å². The standard InChI is InChI=1S/C42H62N6O10/c1-10-11-18-29(34(50)38(53)44-23-33(49)45-30(27-16-13-12-14-17-27)22-43-37(52)32-19-15-20-56-32)46-36(51)31-21-28(58-42(7,8)9)24-48(31)39(54)35(41(4,5)6)47-40(55)57-25-26(2)3/h12-17,19-20,26,28-31,35H,10-11,18,21-25H2,1-9H3,(H,43,52)(H,44,53)(H,45,49)(H,46,51)(H,47,55)/t28-,29?,30+,31+,35-/m1/s1. The molecule has 16 heteroatoms. The van der Waals surface area contributed by atoms with Gasteiger partial charge >= 0.3 is 6.09 Å². The summed E-state index contributed by atoms with van der Waals surface area (Å²) in [6, 6.07) is 7.87. The molecule has 1 saturated heterocycles. The summed E-state index contributed by atoms with van der Waals surface area (Å²) in [5, 5.41) is 13.3. The second kappa shape index (κ2) is 21.5. The molecule has 0 saturated carbocycles. The van der Waals surface area contributed by atoms with Gasteiger partial charge in [-0.1, -0.05) is 84.7 Å². The Morgan fingerprint density at radius 2 is 1.59 bits per heavy atom. The third kappa shape index (κ3) is 14.9. The lowest BCUT2D eigenvalue weighted by Crippen LogP contribution is -2.59. The summed E-state index contributed by atoms with van der Waals surface area (Å²) in [5.41, 5.74) is -0.700. The first-order valence-corrected chi connectivity index (χ1v) is 19.9. The number of Topliss-reactive ketones (excluding diaryl/α,β-unsaturated/α-hetero) is 1. The Bertz CT molecular complexity index is 1700. The van der Waals surface area contributed by atoms with Crippen LogP contribution in [0.25, 0.3) is 0 Å². The van der Waals surface area contributed by atoms with Gasteiger partial charge in [0.15, 0.2) is 5.76 Å². The van der Waals surface area contributed by atoms with Gasteiger partial charge in [0.25, 0.3) is 11.8 Å². The molecule has 2 aromatic rings. The highest BCUT2D eigenvalue weighted by molar-refractivity contribution is 6.38. The fourth-order valence-electron chi connectivity index (χ4n) is 6.31. The van der Waals surface area contributed by atoms with Gasteiger partial charge < -0.3 is 45.4 Å². The van der Waals surface area contributed by atoms with Crippen LogP contribution in [0.2, 0.25) is 0 Å². The minimum Gasteiger partial charge on any atom is -0.459 e. The number of amides is 6. The zero-order chi connectivity index (χ0) is 43.2. The van der Waals surface area contributed by atoms with Crippen LogP contribution < -0.4 is 26.6 Å². The van der Waals surface area contributed by atoms with Gasteiger partial charge in [-0.05, 0) is 56.2 Å². The molecule has 0 radical (unpaired) electrons. The van der Waals surface area contributed by atoms with E-state index in [9.17, 15) is 33.6 Å². The van der Waals surface area contributed by atoms with E-state index in [1.54, 1.807) is 57.2 Å². The molecule has 5 atom stereocenters. The third-order valence-electron chi connectivity index (χ3n) is 9.15. The van der Waals surface area contributed by atoms with Crippen molar-refractivity contribution in [3.05, 3.63) is 60.1 Å². The molecule has 0 aliphatic carbocycles. The number of nitrogens with zero attached hydrogens (tertiary/aromatic N) is 1. The van der Waals surface area contributed by atoms with Crippen LogP contribution >= 0.6 is 0 Å². The average molecular weight is 811 g/mol. The van der Waals surface area contributed by atoms with E-state index in [0.29, 0.717) is 18.4 Å². The monoisotopic (exact) mass is 810 g/mol. The number of unbranched alkanes of at least 4 members (excludes halogenated alkanes) is 1. The Labute approximate surface area is 341 Å². The lowest BCUT2D eigenvalue weighted by molar-refractivity contribution is -0.144. The minimum atomic E-state index is -1.26. The number of benzene rings is 1. The van der Waals surface area contributed by atoms with Crippen LogP contribution in [0.5, 0.6) is 0 Å². The summed E-state index contributed by atoms with van der Waals surface area (Å²) >= 11 is 0. The van der Waals surface area contributed by atoms with Crippen molar-refractivity contribution >= 4 is 41.4 Å². The van der Waals surface area contributed by atoms with E-state index in [4.69, 9.17) is 13.9 Å². The largest absolute Gasteiger partial charge is 0.459 e. The molecule has 1 aromatic carbocycles. The van der Waals surface area contributed by atoms with Crippen molar-refractivity contribution in [2.24, 2.45) is 11.3 Å². The summed E-state index contributed by atoms with van der Waals surface area (Å²) in [5.74, 6) is -4.15. The second-order valence-corrected chi connectivity index (χ2v) is 17.0. The number of ether oxygens (including phenoxy) is 2. The molecule has 0 bridgehead atoms. The summed E-state index contributed by atoms with van der Waals surface area (Å²) in [6.45, 7) is 16.2. The zero-order valence-electron chi connectivity index (χ0n) is 35.3. The first kappa shape index (κ1) is 47.1. The number of nitrogens with one attached hydrogen (secondary N) is 5. The highest BCUT2D eigenvalue weighted by atomic mass is 16.5. The molecule has 2 heterocycles. The lowest BCUT2D eigenvalue weighted by atomic mass is 9.85. The Kier molecular flexibility index (Phi) is 17.5. The summed E-state index contributed by atoms with van der Waals surface area (Å²) in [7, 11) is 0. The van der Waals surface area contributed by atoms with Crippen LogP contribution in [-0.2, 0) is 33.4 Å². The number of likely N-dealkylation sites (tertiary alicyclic amines) is 1. The van der Waals surface area contributed by atoms with E-state index in [2.05, 4.69) is 26.6 Å². The van der Waals surface area contributed by atoms with E-state index in [1.165, 1.54) is 17.2 Å². The maximum absolute atomic E-state index is 14.3. The molecule has 1 aliphatic heterocycles. The van der Waals surface area contributed by atoms with Crippen molar-refractivity contribution in [1.29, 1.82) is 0 Å². The van der Waals surface area contributed by atoms with E-state index in [1.807, 2.05) is 41.5 Å². The van der Waals surface area contributed by atoms with Crippen LogP contribution in [0.1, 0.15) is 110 Å². The average Bonchev–Trinajstić information content (AvgIpc) is 3.85. The summed E-state index contributed by atoms with van der Waals surface area (Å²) in [4.78, 5) is 94.9. The van der Waals surface area contributed by atoms with Gasteiger partial charge in [-0.3, -0.25) is 28.8 Å². The van der Waals surface area contributed by atoms with E-state index < -0.39 is 89.2 Å². The quantitative estimate of drug-likeness (QED) is 0.129. The molecular weight excluding hydrogens is 748 g/mol. The highest BCUT2D eigenvalue weighted by Crippen LogP contribution is 2.29. The van der Waals surface area contributed by atoms with Gasteiger partial charge in [0.2, 0.25) is 23.5 Å². The van der Waals surface area contributed by atoms with Gasteiger partial charge in [-0.15, -0.1) is 0 Å². The SMILES string of the molecule is CCCCC(NC(=O)[C@@H]1C[C@@H](OC(C)(C)C)CN1C(=O)[C@@H](NC(=O)OCC(C)C)C(C)(C)C)C(=O)C(=O)NCC(=O)N[C@@H](CNC(=O)c1ccco1)c1ccccc1. The van der Waals surface area contributed by atoms with E-state index in [-0.39, 0.29) is 44.2 Å². The number of rotatable bonds is 19. The molecule has 16 nitrogen and oxygen atoms in total. The molecule has 1 unspecified atom stereocenters. The van der Waals surface area contributed by atoms with Crippen LogP contribution in [-0.4, -0.2) is 102 Å². The topological polar surface area (TPSA) is 214 Å². The maximum atomic E-state index is 14.3. The molecule has 5 N–H and O–H groups in total. The summed E-state index contributed by atoms with van der Waals surface area (Å²) < 4.78 is 16.6. The van der Waals surface area contributed by atoms with Gasteiger partial charge in [-0.25, -0.2) is 4.79 Å². The number of carbonyl (C=O) groups is 7. The van der Waals surface area contributed by atoms with Crippen LogP contribution in [0, 0.1) is 11.3 Å². The Hall–Kier alpha value is -5.25. The van der Waals surface area contributed by atoms with Crippen molar-refractivity contribution < 1.29 is 47.5 Å². The first-order valence-electron chi connectivity index (χ1n) is 19.9. The van der Waals surface area contributed by atoms with Gasteiger partial charge in [0.1, 0.15) is 12.1 Å². The first-order chi connectivity index (χ1) is 27.2. The molecule has 6 amide bonds. The van der Waals surface area contributed by atoms with Crippen molar-refractivity contribution in [3.63, 3.8) is 0 Å². The maximum Gasteiger partial charge on any atom is 0.407 e. The zero-order valence-corrected chi connectivity index (χ0v) is 35.3. The fourth-order valence-corrected chi connectivity index (χ4v) is 6.31. The molecule has 3 rings (SSSR count). The van der Waals surface area contributed by atoms with E-state index in [0.717, 1.165) is 0 Å². The molecule has 1 aliphatic rings. The molecule has 58 heavy (non-hydrogen) atoms. The number of carbonyl (C=O) groups excluding carboxylic acids is 7. The van der Waals surface area contributed by atoms with Crippen molar-refractivity contribution in [2.45, 2.75) is 124 Å². The van der Waals surface area contributed by atoms with Gasteiger partial charge in [-0.2, -0.15) is 0 Å². The molecule has 1 fully saturated rings. The Morgan fingerprint density at radius 3 is 2.17 bits per heavy atom. The summed E-state index contributed by atoms with van der Waals surface area (Å²) in [6.07, 6.45) is 1.44. The van der Waals surface area contributed by atoms with Crippen molar-refractivity contribution in [2.75, 3.05) is 26.2 Å². The van der Waals surface area contributed by atoms with Gasteiger partial charge in [0, 0.05) is 19.5 Å². The number of furan rings is 1. The fraction of sp³-hybridized carbons (Fsp3) is 0.595. The molecule has 320 valence electrons. The Morgan fingerprint density at radius 1 is 0.897 bits per heavy atom. The Balaban J connectivity index is 1.74. The second-order valence-electron chi connectivity index (χ2n) is 17.0. The minimum absolute atomic E-state index is 0.00437.